The van der Waals surface area contributed by atoms with Gasteiger partial charge in [0.2, 0.25) is 5.91 Å². The third kappa shape index (κ3) is 4.97. The van der Waals surface area contributed by atoms with E-state index in [0.29, 0.717) is 30.4 Å². The van der Waals surface area contributed by atoms with Gasteiger partial charge >= 0.3 is 0 Å². The first-order chi connectivity index (χ1) is 17.5. The Labute approximate surface area is 208 Å². The predicted molar refractivity (Wildman–Crippen MR) is 133 cm³/mol. The van der Waals surface area contributed by atoms with Crippen molar-refractivity contribution in [2.75, 3.05) is 30.1 Å². The Balaban J connectivity index is 1.26. The fourth-order valence-electron chi connectivity index (χ4n) is 4.36. The molecule has 11 nitrogen and oxygen atoms in total. The Morgan fingerprint density at radius 2 is 1.83 bits per heavy atom. The van der Waals surface area contributed by atoms with Gasteiger partial charge in [-0.1, -0.05) is 18.2 Å². The van der Waals surface area contributed by atoms with Crippen molar-refractivity contribution in [3.63, 3.8) is 0 Å². The Hall–Kier alpha value is -4.09. The van der Waals surface area contributed by atoms with Gasteiger partial charge in [-0.25, -0.2) is 10.1 Å². The molecule has 2 fully saturated rings. The Morgan fingerprint density at radius 3 is 2.56 bits per heavy atom. The summed E-state index contributed by atoms with van der Waals surface area (Å²) in [4.78, 5) is 25.6. The number of para-hydroxylation sites is 1. The van der Waals surface area contributed by atoms with E-state index in [1.54, 1.807) is 35.0 Å². The molecule has 2 saturated heterocycles. The zero-order chi connectivity index (χ0) is 25.1. The van der Waals surface area contributed by atoms with E-state index in [2.05, 4.69) is 26.5 Å². The van der Waals surface area contributed by atoms with Crippen molar-refractivity contribution in [3.05, 3.63) is 66.4 Å². The van der Waals surface area contributed by atoms with Crippen molar-refractivity contribution in [2.24, 2.45) is 5.92 Å². The van der Waals surface area contributed by atoms with E-state index in [-0.39, 0.29) is 30.5 Å². The lowest BCUT2D eigenvalue weighted by Gasteiger charge is -2.37. The molecule has 3 aromatic rings. The fourth-order valence-corrected chi connectivity index (χ4v) is 4.36. The van der Waals surface area contributed by atoms with Gasteiger partial charge in [0.25, 0.3) is 5.91 Å². The summed E-state index contributed by atoms with van der Waals surface area (Å²) in [6.07, 6.45) is -0.942. The van der Waals surface area contributed by atoms with Crippen LogP contribution < -0.4 is 35.9 Å². The van der Waals surface area contributed by atoms with Crippen LogP contribution in [-0.2, 0) is 9.59 Å². The highest BCUT2D eigenvalue weighted by Gasteiger charge is 2.45. The number of hydrazine groups is 1. The number of hydrogen-bond acceptors (Lipinski definition) is 8. The maximum Gasteiger partial charge on any atom is 0.263 e. The Kier molecular flexibility index (Phi) is 6.74. The van der Waals surface area contributed by atoms with Gasteiger partial charge in [-0.3, -0.25) is 19.9 Å². The maximum absolute atomic E-state index is 12.9. The van der Waals surface area contributed by atoms with Crippen LogP contribution in [0.3, 0.4) is 0 Å². The molecule has 0 bridgehead atoms. The second-order valence-electron chi connectivity index (χ2n) is 8.55. The van der Waals surface area contributed by atoms with Gasteiger partial charge in [0, 0.05) is 12.6 Å². The first-order valence-corrected chi connectivity index (χ1v) is 11.9. The van der Waals surface area contributed by atoms with Crippen molar-refractivity contribution in [3.8, 4) is 11.5 Å². The third-order valence-corrected chi connectivity index (χ3v) is 5.99. The number of aromatic nitrogens is 2. The van der Waals surface area contributed by atoms with Crippen LogP contribution >= 0.6 is 0 Å². The van der Waals surface area contributed by atoms with Gasteiger partial charge in [0.1, 0.15) is 23.5 Å². The van der Waals surface area contributed by atoms with Crippen LogP contribution in [0.25, 0.3) is 0 Å². The summed E-state index contributed by atoms with van der Waals surface area (Å²) in [5, 5.41) is 15.7. The minimum Gasteiger partial charge on any atom is -0.494 e. The number of rotatable bonds is 8. The van der Waals surface area contributed by atoms with E-state index in [1.165, 1.54) is 0 Å². The molecule has 188 valence electrons. The van der Waals surface area contributed by atoms with Crippen molar-refractivity contribution >= 4 is 23.3 Å². The molecular formula is C25H29N7O4. The molecule has 2 aliphatic heterocycles. The molecule has 1 aromatic heterocycles. The normalized spacial score (nSPS) is 21.0. The maximum atomic E-state index is 12.9. The number of fused-ring (bicyclic) bond motifs is 1. The van der Waals surface area contributed by atoms with E-state index >= 15 is 0 Å². The molecule has 11 heteroatoms. The van der Waals surface area contributed by atoms with Gasteiger partial charge < -0.3 is 20.1 Å². The van der Waals surface area contributed by atoms with Crippen molar-refractivity contribution < 1.29 is 19.1 Å². The molecule has 0 saturated carbocycles. The second kappa shape index (κ2) is 10.3. The zero-order valence-electron chi connectivity index (χ0n) is 20.1. The standard InChI is InChI=1S/C25H29N7O4/c1-3-35-18-9-11-19(12-10-18)36-15-22(33)27-21-13-16(2)30-32(21)25-28-23-20(24(34)29-25)14-26-31(23)17-7-5-4-6-8-17/h4-13,20,23,25-26,28H,3,14-15H2,1-2H3,(H,27,33)(H,29,34). The molecule has 0 radical (unpaired) electrons. The van der Waals surface area contributed by atoms with E-state index in [9.17, 15) is 9.59 Å². The van der Waals surface area contributed by atoms with Gasteiger partial charge in [-0.05, 0) is 50.2 Å². The molecule has 0 spiro atoms. The monoisotopic (exact) mass is 491 g/mol. The molecule has 2 amide bonds. The molecule has 4 N–H and O–H groups in total. The van der Waals surface area contributed by atoms with Crippen molar-refractivity contribution in [1.82, 2.24) is 25.8 Å². The Bertz CT molecular complexity index is 1210. The quantitative estimate of drug-likeness (QED) is 0.376. The highest BCUT2D eigenvalue weighted by atomic mass is 16.5. The first kappa shape index (κ1) is 23.6. The number of hydrogen-bond donors (Lipinski definition) is 4. The largest absolute Gasteiger partial charge is 0.494 e. The number of benzene rings is 2. The molecule has 36 heavy (non-hydrogen) atoms. The van der Waals surface area contributed by atoms with E-state index in [1.807, 2.05) is 49.2 Å². The number of carbonyl (C=O) groups excluding carboxylic acids is 2. The van der Waals surface area contributed by atoms with Gasteiger partial charge in [0.05, 0.1) is 23.9 Å². The van der Waals surface area contributed by atoms with E-state index in [4.69, 9.17) is 9.47 Å². The van der Waals surface area contributed by atoms with Crippen molar-refractivity contribution in [1.29, 1.82) is 0 Å². The lowest BCUT2D eigenvalue weighted by molar-refractivity contribution is -0.129. The van der Waals surface area contributed by atoms with Crippen LogP contribution in [0.1, 0.15) is 18.9 Å². The number of amides is 2. The predicted octanol–water partition coefficient (Wildman–Crippen LogP) is 1.75. The Morgan fingerprint density at radius 1 is 1.11 bits per heavy atom. The number of nitrogens with zero attached hydrogens (tertiary/aromatic N) is 3. The smallest absolute Gasteiger partial charge is 0.263 e. The number of aryl methyl sites for hydroxylation is 1. The van der Waals surface area contributed by atoms with Crippen LogP contribution in [0.4, 0.5) is 11.5 Å². The summed E-state index contributed by atoms with van der Waals surface area (Å²) >= 11 is 0. The van der Waals surface area contributed by atoms with Gasteiger partial charge in [0.15, 0.2) is 12.9 Å². The minimum absolute atomic E-state index is 0.0982. The lowest BCUT2D eigenvalue weighted by Crippen LogP contribution is -2.61. The molecule has 3 heterocycles. The van der Waals surface area contributed by atoms with Crippen LogP contribution in [0, 0.1) is 12.8 Å². The number of nitrogens with one attached hydrogen (secondary N) is 4. The molecular weight excluding hydrogens is 462 g/mol. The van der Waals surface area contributed by atoms with Crippen LogP contribution in [0.15, 0.2) is 60.7 Å². The fraction of sp³-hybridized carbons (Fsp3) is 0.320. The SMILES string of the molecule is CCOc1ccc(OCC(=O)Nc2cc(C)nn2C2NC(=O)C3CNN(c4ccccc4)C3N2)cc1. The highest BCUT2D eigenvalue weighted by molar-refractivity contribution is 5.91. The van der Waals surface area contributed by atoms with Gasteiger partial charge in [-0.15, -0.1) is 0 Å². The van der Waals surface area contributed by atoms with Crippen LogP contribution in [0.5, 0.6) is 11.5 Å². The third-order valence-electron chi connectivity index (χ3n) is 5.99. The molecule has 2 aromatic carbocycles. The van der Waals surface area contributed by atoms with Gasteiger partial charge in [-0.2, -0.15) is 5.10 Å². The molecule has 3 atom stereocenters. The summed E-state index contributed by atoms with van der Waals surface area (Å²) in [6, 6.07) is 18.6. The summed E-state index contributed by atoms with van der Waals surface area (Å²) in [5.74, 6) is 1.01. The lowest BCUT2D eigenvalue weighted by atomic mass is 10.0. The summed E-state index contributed by atoms with van der Waals surface area (Å²) in [5.41, 5.74) is 4.94. The second-order valence-corrected chi connectivity index (χ2v) is 8.55. The average Bonchev–Trinajstić information content (AvgIpc) is 3.48. The topological polar surface area (TPSA) is 122 Å². The number of anilines is 2. The molecule has 0 aliphatic carbocycles. The molecule has 5 rings (SSSR count). The minimum atomic E-state index is -0.652. The summed E-state index contributed by atoms with van der Waals surface area (Å²) < 4.78 is 12.6. The number of carbonyl (C=O) groups is 2. The highest BCUT2D eigenvalue weighted by Crippen LogP contribution is 2.27. The summed E-state index contributed by atoms with van der Waals surface area (Å²) in [6.45, 7) is 4.64. The van der Waals surface area contributed by atoms with E-state index < -0.39 is 6.29 Å². The average molecular weight is 492 g/mol. The first-order valence-electron chi connectivity index (χ1n) is 11.9. The molecule has 2 aliphatic rings. The van der Waals surface area contributed by atoms with Crippen LogP contribution in [-0.4, -0.2) is 47.5 Å². The van der Waals surface area contributed by atoms with Crippen LogP contribution in [0.2, 0.25) is 0 Å². The molecule has 3 unspecified atom stereocenters. The zero-order valence-corrected chi connectivity index (χ0v) is 20.1. The van der Waals surface area contributed by atoms with Crippen molar-refractivity contribution in [2.45, 2.75) is 26.3 Å². The van der Waals surface area contributed by atoms with E-state index in [0.717, 1.165) is 11.4 Å². The number of ether oxygens (including phenoxy) is 2. The summed E-state index contributed by atoms with van der Waals surface area (Å²) in [7, 11) is 0.